The van der Waals surface area contributed by atoms with Crippen molar-refractivity contribution < 1.29 is 0 Å². The Kier molecular flexibility index (Phi) is 12.4. The van der Waals surface area contributed by atoms with Crippen LogP contribution < -0.4 is 9.80 Å². The Morgan fingerprint density at radius 3 is 0.944 bits per heavy atom. The molecule has 3 rings (SSSR count). The van der Waals surface area contributed by atoms with Crippen molar-refractivity contribution >= 4 is 32.9 Å². The summed E-state index contributed by atoms with van der Waals surface area (Å²) < 4.78 is 0. The molecule has 0 unspecified atom stereocenters. The van der Waals surface area contributed by atoms with Crippen LogP contribution in [0.5, 0.6) is 0 Å². The van der Waals surface area contributed by atoms with Crippen LogP contribution in [-0.2, 0) is 0 Å². The van der Waals surface area contributed by atoms with Crippen molar-refractivity contribution in [3.05, 3.63) is 48.5 Å². The van der Waals surface area contributed by atoms with Gasteiger partial charge in [0.25, 0.3) is 0 Å². The van der Waals surface area contributed by atoms with Crippen molar-refractivity contribution in [1.29, 1.82) is 0 Å². The SMILES string of the molecule is CCCCCN(CCCCC)c1c(N(CCCCC)CCCCC)c2ccccc2c2ccccc12. The molecule has 0 heterocycles. The zero-order chi connectivity index (χ0) is 25.6. The largest absolute Gasteiger partial charge is 0.369 e. The Balaban J connectivity index is 2.23. The lowest BCUT2D eigenvalue weighted by Gasteiger charge is -2.35. The first-order chi connectivity index (χ1) is 17.8. The fraction of sp³-hybridized carbons (Fsp3) is 0.588. The number of rotatable bonds is 18. The smallest absolute Gasteiger partial charge is 0.0690 e. The van der Waals surface area contributed by atoms with Crippen LogP contribution in [0.2, 0.25) is 0 Å². The normalized spacial score (nSPS) is 11.4. The van der Waals surface area contributed by atoms with Gasteiger partial charge in [0.2, 0.25) is 0 Å². The number of hydrogen-bond acceptors (Lipinski definition) is 2. The summed E-state index contributed by atoms with van der Waals surface area (Å²) in [5.74, 6) is 0. The Bertz CT molecular complexity index is 922. The highest BCUT2D eigenvalue weighted by atomic mass is 15.2. The average molecular weight is 489 g/mol. The van der Waals surface area contributed by atoms with Crippen molar-refractivity contribution in [2.75, 3.05) is 36.0 Å². The summed E-state index contributed by atoms with van der Waals surface area (Å²) in [6.07, 6.45) is 15.4. The van der Waals surface area contributed by atoms with Gasteiger partial charge < -0.3 is 9.80 Å². The van der Waals surface area contributed by atoms with E-state index in [1.807, 2.05) is 0 Å². The Morgan fingerprint density at radius 1 is 0.389 bits per heavy atom. The van der Waals surface area contributed by atoms with E-state index in [2.05, 4.69) is 86.0 Å². The van der Waals surface area contributed by atoms with Crippen molar-refractivity contribution in [3.8, 4) is 0 Å². The van der Waals surface area contributed by atoms with Crippen LogP contribution in [-0.4, -0.2) is 26.2 Å². The van der Waals surface area contributed by atoms with Crippen LogP contribution in [0, 0.1) is 0 Å². The maximum Gasteiger partial charge on any atom is 0.0690 e. The molecular formula is C34H52N2. The molecule has 0 saturated heterocycles. The maximum atomic E-state index is 2.78. The highest BCUT2D eigenvalue weighted by Crippen LogP contribution is 2.45. The molecule has 0 radical (unpaired) electrons. The van der Waals surface area contributed by atoms with Crippen LogP contribution in [0.25, 0.3) is 21.5 Å². The lowest BCUT2D eigenvalue weighted by molar-refractivity contribution is 0.626. The van der Waals surface area contributed by atoms with Crippen LogP contribution in [0.3, 0.4) is 0 Å². The van der Waals surface area contributed by atoms with Gasteiger partial charge in [0.15, 0.2) is 0 Å². The Hall–Kier alpha value is -2.22. The number of benzene rings is 3. The summed E-state index contributed by atoms with van der Waals surface area (Å²) in [6.45, 7) is 13.9. The minimum absolute atomic E-state index is 1.16. The third-order valence-electron chi connectivity index (χ3n) is 7.64. The fourth-order valence-electron chi connectivity index (χ4n) is 5.63. The van der Waals surface area contributed by atoms with Gasteiger partial charge in [-0.25, -0.2) is 0 Å². The van der Waals surface area contributed by atoms with E-state index in [-0.39, 0.29) is 0 Å². The monoisotopic (exact) mass is 488 g/mol. The molecule has 3 aromatic rings. The predicted octanol–water partition coefficient (Wildman–Crippen LogP) is 10.4. The van der Waals surface area contributed by atoms with Crippen molar-refractivity contribution in [3.63, 3.8) is 0 Å². The molecule has 0 aliphatic rings. The van der Waals surface area contributed by atoms with Crippen LogP contribution >= 0.6 is 0 Å². The van der Waals surface area contributed by atoms with E-state index in [1.165, 1.54) is 110 Å². The summed E-state index contributed by atoms with van der Waals surface area (Å²) >= 11 is 0. The molecule has 0 aliphatic carbocycles. The number of fused-ring (bicyclic) bond motifs is 3. The second-order valence-electron chi connectivity index (χ2n) is 10.6. The molecular weight excluding hydrogens is 436 g/mol. The molecule has 0 spiro atoms. The van der Waals surface area contributed by atoms with Gasteiger partial charge in [-0.1, -0.05) is 128 Å². The molecule has 0 atom stereocenters. The molecule has 0 N–H and O–H groups in total. The van der Waals surface area contributed by atoms with Gasteiger partial charge >= 0.3 is 0 Å². The summed E-state index contributed by atoms with van der Waals surface area (Å²) in [4.78, 5) is 5.56. The summed E-state index contributed by atoms with van der Waals surface area (Å²) in [7, 11) is 0. The fourth-order valence-corrected chi connectivity index (χ4v) is 5.63. The standard InChI is InChI=1S/C34H52N2/c1-5-9-17-25-35(26-18-10-6-2)33-31-23-15-13-21-29(31)30-22-14-16-24-32(30)34(33)36(27-19-11-7-3)28-20-12-8-4/h13-16,21-24H,5-12,17-20,25-28H2,1-4H3. The summed E-state index contributed by atoms with van der Waals surface area (Å²) in [5, 5.41) is 5.69. The van der Waals surface area contributed by atoms with Crippen LogP contribution in [0.4, 0.5) is 11.4 Å². The molecule has 0 aliphatic heterocycles. The summed E-state index contributed by atoms with van der Waals surface area (Å²) in [5.41, 5.74) is 3.01. The van der Waals surface area contributed by atoms with E-state index < -0.39 is 0 Å². The molecule has 36 heavy (non-hydrogen) atoms. The van der Waals surface area contributed by atoms with Gasteiger partial charge in [-0.2, -0.15) is 0 Å². The van der Waals surface area contributed by atoms with E-state index in [1.54, 1.807) is 0 Å². The minimum Gasteiger partial charge on any atom is -0.369 e. The zero-order valence-electron chi connectivity index (χ0n) is 23.8. The van der Waals surface area contributed by atoms with E-state index >= 15 is 0 Å². The predicted molar refractivity (Wildman–Crippen MR) is 164 cm³/mol. The second-order valence-corrected chi connectivity index (χ2v) is 10.6. The minimum atomic E-state index is 1.16. The highest BCUT2D eigenvalue weighted by molar-refractivity contribution is 6.20. The second kappa shape index (κ2) is 15.8. The Labute approximate surface area is 222 Å². The van der Waals surface area contributed by atoms with Gasteiger partial charge in [-0.3, -0.25) is 0 Å². The molecule has 3 aromatic carbocycles. The summed E-state index contributed by atoms with van der Waals surface area (Å²) in [6, 6.07) is 18.4. The first-order valence-corrected chi connectivity index (χ1v) is 15.2. The van der Waals surface area contributed by atoms with Gasteiger partial charge in [0.1, 0.15) is 0 Å². The number of unbranched alkanes of at least 4 members (excludes halogenated alkanes) is 8. The quantitative estimate of drug-likeness (QED) is 0.0998. The first-order valence-electron chi connectivity index (χ1n) is 15.2. The number of anilines is 2. The van der Waals surface area contributed by atoms with Gasteiger partial charge in [0.05, 0.1) is 11.4 Å². The molecule has 198 valence electrons. The third kappa shape index (κ3) is 7.40. The lowest BCUT2D eigenvalue weighted by atomic mass is 9.96. The van der Waals surface area contributed by atoms with Gasteiger partial charge in [-0.05, 0) is 36.5 Å². The van der Waals surface area contributed by atoms with E-state index in [0.717, 1.165) is 26.2 Å². The highest BCUT2D eigenvalue weighted by Gasteiger charge is 2.23. The van der Waals surface area contributed by atoms with Gasteiger partial charge in [0, 0.05) is 37.0 Å². The number of hydrogen-bond donors (Lipinski definition) is 0. The Morgan fingerprint density at radius 2 is 0.667 bits per heavy atom. The topological polar surface area (TPSA) is 6.48 Å². The third-order valence-corrected chi connectivity index (χ3v) is 7.64. The lowest BCUT2D eigenvalue weighted by Crippen LogP contribution is -2.32. The van der Waals surface area contributed by atoms with Crippen molar-refractivity contribution in [2.45, 2.75) is 105 Å². The molecule has 0 bridgehead atoms. The first kappa shape index (κ1) is 28.4. The van der Waals surface area contributed by atoms with Crippen molar-refractivity contribution in [1.82, 2.24) is 0 Å². The van der Waals surface area contributed by atoms with Gasteiger partial charge in [-0.15, -0.1) is 0 Å². The molecule has 0 aromatic heterocycles. The van der Waals surface area contributed by atoms with Crippen molar-refractivity contribution in [2.24, 2.45) is 0 Å². The van der Waals surface area contributed by atoms with E-state index in [4.69, 9.17) is 0 Å². The maximum absolute atomic E-state index is 2.78. The number of nitrogens with zero attached hydrogens (tertiary/aromatic N) is 2. The van der Waals surface area contributed by atoms with E-state index in [0.29, 0.717) is 0 Å². The molecule has 2 nitrogen and oxygen atoms in total. The molecule has 0 saturated carbocycles. The molecule has 0 fully saturated rings. The van der Waals surface area contributed by atoms with Crippen LogP contribution in [0.1, 0.15) is 105 Å². The molecule has 2 heteroatoms. The van der Waals surface area contributed by atoms with Crippen LogP contribution in [0.15, 0.2) is 48.5 Å². The zero-order valence-corrected chi connectivity index (χ0v) is 23.8. The average Bonchev–Trinajstić information content (AvgIpc) is 2.91. The van der Waals surface area contributed by atoms with E-state index in [9.17, 15) is 0 Å². The molecule has 0 amide bonds.